The summed E-state index contributed by atoms with van der Waals surface area (Å²) in [5, 5.41) is 0. The Morgan fingerprint density at radius 3 is 2.33 bits per heavy atom. The highest BCUT2D eigenvalue weighted by molar-refractivity contribution is 5.50. The lowest BCUT2D eigenvalue weighted by molar-refractivity contribution is 0.278. The van der Waals surface area contributed by atoms with Crippen molar-refractivity contribution in [3.05, 3.63) is 29.3 Å². The molecule has 0 amide bonds. The van der Waals surface area contributed by atoms with E-state index >= 15 is 0 Å². The van der Waals surface area contributed by atoms with Gasteiger partial charge in [-0.2, -0.15) is 0 Å². The van der Waals surface area contributed by atoms with Crippen molar-refractivity contribution in [3.63, 3.8) is 0 Å². The van der Waals surface area contributed by atoms with Crippen molar-refractivity contribution in [1.82, 2.24) is 0 Å². The van der Waals surface area contributed by atoms with Gasteiger partial charge in [0.1, 0.15) is 0 Å². The summed E-state index contributed by atoms with van der Waals surface area (Å²) in [6.45, 7) is 5.98. The van der Waals surface area contributed by atoms with Crippen LogP contribution in [-0.4, -0.2) is 13.1 Å². The number of rotatable bonds is 2. The van der Waals surface area contributed by atoms with Crippen LogP contribution in [0.15, 0.2) is 12.1 Å². The maximum atomic E-state index is 14.0. The number of hydrogen-bond donors (Lipinski definition) is 1. The van der Waals surface area contributed by atoms with Crippen molar-refractivity contribution in [2.45, 2.75) is 33.2 Å². The number of anilines is 1. The first kappa shape index (κ1) is 13.3. The van der Waals surface area contributed by atoms with Crippen molar-refractivity contribution >= 4 is 5.69 Å². The van der Waals surface area contributed by atoms with Crippen molar-refractivity contribution < 1.29 is 8.78 Å². The normalized spacial score (nSPS) is 19.1. The summed E-state index contributed by atoms with van der Waals surface area (Å²) in [5.41, 5.74) is 6.25. The van der Waals surface area contributed by atoms with E-state index in [0.29, 0.717) is 11.1 Å². The molecule has 2 rings (SSSR count). The molecule has 1 saturated heterocycles. The van der Waals surface area contributed by atoms with Gasteiger partial charge in [-0.3, -0.25) is 0 Å². The molecule has 0 unspecified atom stereocenters. The monoisotopic (exact) mass is 254 g/mol. The molecule has 1 aromatic carbocycles. The van der Waals surface area contributed by atoms with Crippen LogP contribution < -0.4 is 10.6 Å². The topological polar surface area (TPSA) is 29.3 Å². The Morgan fingerprint density at radius 1 is 1.17 bits per heavy atom. The van der Waals surface area contributed by atoms with E-state index in [9.17, 15) is 8.78 Å². The molecule has 1 aromatic rings. The lowest BCUT2D eigenvalue weighted by Crippen LogP contribution is -2.37. The molecule has 0 spiro atoms. The summed E-state index contributed by atoms with van der Waals surface area (Å²) in [6.07, 6.45) is 1.99. The molecule has 1 aliphatic heterocycles. The van der Waals surface area contributed by atoms with E-state index < -0.39 is 11.6 Å². The molecule has 0 aromatic heterocycles. The van der Waals surface area contributed by atoms with Crippen LogP contribution in [-0.2, 0) is 6.54 Å². The second-order valence-electron chi connectivity index (χ2n) is 5.73. The van der Waals surface area contributed by atoms with Gasteiger partial charge in [-0.05, 0) is 24.3 Å². The van der Waals surface area contributed by atoms with Crippen LogP contribution in [0.1, 0.15) is 32.3 Å². The summed E-state index contributed by atoms with van der Waals surface area (Å²) >= 11 is 0. The predicted molar refractivity (Wildman–Crippen MR) is 69.5 cm³/mol. The van der Waals surface area contributed by atoms with Gasteiger partial charge in [0, 0.05) is 25.2 Å². The predicted octanol–water partition coefficient (Wildman–Crippen LogP) is 3.05. The van der Waals surface area contributed by atoms with Crippen molar-refractivity contribution in [3.8, 4) is 0 Å². The number of hydrogen-bond acceptors (Lipinski definition) is 2. The first-order chi connectivity index (χ1) is 8.44. The third-order valence-corrected chi connectivity index (χ3v) is 3.82. The van der Waals surface area contributed by atoms with E-state index in [0.717, 1.165) is 25.9 Å². The first-order valence-corrected chi connectivity index (χ1v) is 6.36. The quantitative estimate of drug-likeness (QED) is 0.879. The molecule has 2 N–H and O–H groups in total. The second kappa shape index (κ2) is 4.84. The largest absolute Gasteiger partial charge is 0.369 e. The van der Waals surface area contributed by atoms with Gasteiger partial charge < -0.3 is 10.6 Å². The molecular weight excluding hydrogens is 234 g/mol. The van der Waals surface area contributed by atoms with Gasteiger partial charge in [0.05, 0.1) is 5.69 Å². The standard InChI is InChI=1S/C14H20F2N2/c1-14(2)5-7-18(8-6-14)11-4-3-10(9-17)12(15)13(11)16/h3-4H,5-9,17H2,1-2H3. The summed E-state index contributed by atoms with van der Waals surface area (Å²) in [5.74, 6) is -1.57. The van der Waals surface area contributed by atoms with Crippen molar-refractivity contribution in [1.29, 1.82) is 0 Å². The number of benzene rings is 1. The minimum atomic E-state index is -0.806. The molecule has 0 saturated carbocycles. The fourth-order valence-electron chi connectivity index (χ4n) is 2.33. The summed E-state index contributed by atoms with van der Waals surface area (Å²) in [6, 6.07) is 3.21. The summed E-state index contributed by atoms with van der Waals surface area (Å²) < 4.78 is 27.6. The van der Waals surface area contributed by atoms with E-state index in [4.69, 9.17) is 5.73 Å². The SMILES string of the molecule is CC1(C)CCN(c2ccc(CN)c(F)c2F)CC1. The number of piperidine rings is 1. The van der Waals surface area contributed by atoms with Gasteiger partial charge >= 0.3 is 0 Å². The average Bonchev–Trinajstić information content (AvgIpc) is 2.33. The van der Waals surface area contributed by atoms with E-state index in [-0.39, 0.29) is 12.1 Å². The Hall–Kier alpha value is -1.16. The van der Waals surface area contributed by atoms with Crippen LogP contribution in [0.25, 0.3) is 0 Å². The highest BCUT2D eigenvalue weighted by atomic mass is 19.2. The fraction of sp³-hybridized carbons (Fsp3) is 0.571. The molecule has 1 aliphatic rings. The van der Waals surface area contributed by atoms with Crippen LogP contribution in [0.5, 0.6) is 0 Å². The third-order valence-electron chi connectivity index (χ3n) is 3.82. The molecule has 0 bridgehead atoms. The molecular formula is C14H20F2N2. The van der Waals surface area contributed by atoms with Gasteiger partial charge in [-0.15, -0.1) is 0 Å². The minimum absolute atomic E-state index is 0.0239. The molecule has 0 aliphatic carbocycles. The molecule has 0 atom stereocenters. The van der Waals surface area contributed by atoms with E-state index in [1.165, 1.54) is 0 Å². The Kier molecular flexibility index (Phi) is 3.57. The number of halogens is 2. The molecule has 1 fully saturated rings. The molecule has 100 valence electrons. The molecule has 4 heteroatoms. The molecule has 1 heterocycles. The van der Waals surface area contributed by atoms with E-state index in [1.54, 1.807) is 12.1 Å². The van der Waals surface area contributed by atoms with Crippen molar-refractivity contribution in [2.24, 2.45) is 11.1 Å². The first-order valence-electron chi connectivity index (χ1n) is 6.36. The lowest BCUT2D eigenvalue weighted by atomic mass is 9.82. The number of nitrogens with two attached hydrogens (primary N) is 1. The fourth-order valence-corrected chi connectivity index (χ4v) is 2.33. The van der Waals surface area contributed by atoms with Crippen LogP contribution in [0.3, 0.4) is 0 Å². The van der Waals surface area contributed by atoms with E-state index in [1.807, 2.05) is 4.90 Å². The Labute approximate surface area is 107 Å². The smallest absolute Gasteiger partial charge is 0.182 e. The van der Waals surface area contributed by atoms with Crippen molar-refractivity contribution in [2.75, 3.05) is 18.0 Å². The summed E-state index contributed by atoms with van der Waals surface area (Å²) in [4.78, 5) is 1.92. The van der Waals surface area contributed by atoms with Gasteiger partial charge in [0.2, 0.25) is 0 Å². The maximum Gasteiger partial charge on any atom is 0.182 e. The highest BCUT2D eigenvalue weighted by Crippen LogP contribution is 2.33. The molecule has 0 radical (unpaired) electrons. The van der Waals surface area contributed by atoms with Gasteiger partial charge in [0.15, 0.2) is 11.6 Å². The van der Waals surface area contributed by atoms with Gasteiger partial charge in [0.25, 0.3) is 0 Å². The second-order valence-corrected chi connectivity index (χ2v) is 5.73. The number of nitrogens with zero attached hydrogens (tertiary/aromatic N) is 1. The van der Waals surface area contributed by atoms with Crippen LogP contribution >= 0.6 is 0 Å². The van der Waals surface area contributed by atoms with Crippen LogP contribution in [0, 0.1) is 17.0 Å². The molecule has 18 heavy (non-hydrogen) atoms. The Morgan fingerprint density at radius 2 is 1.78 bits per heavy atom. The zero-order chi connectivity index (χ0) is 13.3. The molecule has 2 nitrogen and oxygen atoms in total. The van der Waals surface area contributed by atoms with Gasteiger partial charge in [-0.1, -0.05) is 19.9 Å². The Balaban J connectivity index is 2.22. The van der Waals surface area contributed by atoms with Crippen LogP contribution in [0.4, 0.5) is 14.5 Å². The van der Waals surface area contributed by atoms with Crippen LogP contribution in [0.2, 0.25) is 0 Å². The lowest BCUT2D eigenvalue weighted by Gasteiger charge is -2.38. The maximum absolute atomic E-state index is 14.0. The average molecular weight is 254 g/mol. The zero-order valence-electron chi connectivity index (χ0n) is 11.0. The zero-order valence-corrected chi connectivity index (χ0v) is 11.0. The summed E-state index contributed by atoms with van der Waals surface area (Å²) in [7, 11) is 0. The van der Waals surface area contributed by atoms with Gasteiger partial charge in [-0.25, -0.2) is 8.78 Å². The highest BCUT2D eigenvalue weighted by Gasteiger charge is 2.27. The van der Waals surface area contributed by atoms with E-state index in [2.05, 4.69) is 13.8 Å². The Bertz CT molecular complexity index is 434. The minimum Gasteiger partial charge on any atom is -0.369 e. The third kappa shape index (κ3) is 2.48.